The van der Waals surface area contributed by atoms with E-state index >= 15 is 0 Å². The van der Waals surface area contributed by atoms with Gasteiger partial charge in [0.15, 0.2) is 0 Å². The van der Waals surface area contributed by atoms with Crippen molar-refractivity contribution in [2.75, 3.05) is 0 Å². The van der Waals surface area contributed by atoms with Crippen molar-refractivity contribution in [1.82, 2.24) is 5.32 Å². The van der Waals surface area contributed by atoms with Crippen LogP contribution in [-0.2, 0) is 13.1 Å². The predicted molar refractivity (Wildman–Crippen MR) is 70.0 cm³/mol. The third-order valence-electron chi connectivity index (χ3n) is 2.85. The number of benzene rings is 2. The van der Waals surface area contributed by atoms with E-state index in [9.17, 15) is 23.3 Å². The zero-order valence-corrected chi connectivity index (χ0v) is 10.8. The van der Waals surface area contributed by atoms with Gasteiger partial charge in [0.1, 0.15) is 11.6 Å². The molecule has 0 aliphatic heterocycles. The van der Waals surface area contributed by atoms with Gasteiger partial charge < -0.3 is 5.32 Å². The Kier molecular flexibility index (Phi) is 4.54. The zero-order chi connectivity index (χ0) is 15.4. The van der Waals surface area contributed by atoms with Crippen molar-refractivity contribution in [2.45, 2.75) is 13.1 Å². The summed E-state index contributed by atoms with van der Waals surface area (Å²) in [5, 5.41) is 13.4. The van der Waals surface area contributed by atoms with E-state index in [1.807, 2.05) is 0 Å². The van der Waals surface area contributed by atoms with Crippen LogP contribution in [0.1, 0.15) is 11.1 Å². The zero-order valence-electron chi connectivity index (χ0n) is 10.8. The Morgan fingerprint density at radius 3 is 2.48 bits per heavy atom. The first-order valence-electron chi connectivity index (χ1n) is 6.05. The summed E-state index contributed by atoms with van der Waals surface area (Å²) in [6, 6.07) is 7.17. The van der Waals surface area contributed by atoms with Crippen LogP contribution in [-0.4, -0.2) is 4.92 Å². The number of nitrogens with zero attached hydrogens (tertiary/aromatic N) is 1. The maximum absolute atomic E-state index is 13.5. The summed E-state index contributed by atoms with van der Waals surface area (Å²) in [7, 11) is 0. The molecule has 7 heteroatoms. The van der Waals surface area contributed by atoms with Gasteiger partial charge >= 0.3 is 5.69 Å². The minimum atomic E-state index is -1.22. The molecule has 0 heterocycles. The first-order valence-corrected chi connectivity index (χ1v) is 6.05. The Balaban J connectivity index is 2.06. The Labute approximate surface area is 118 Å². The van der Waals surface area contributed by atoms with Crippen LogP contribution in [0.25, 0.3) is 0 Å². The lowest BCUT2D eigenvalue weighted by molar-refractivity contribution is -0.387. The molecule has 0 saturated heterocycles. The van der Waals surface area contributed by atoms with E-state index in [1.165, 1.54) is 18.2 Å². The molecule has 1 N–H and O–H groups in total. The molecule has 0 fully saturated rings. The van der Waals surface area contributed by atoms with E-state index < -0.39 is 28.1 Å². The highest BCUT2D eigenvalue weighted by atomic mass is 19.1. The van der Waals surface area contributed by atoms with Crippen LogP contribution in [0.15, 0.2) is 36.4 Å². The fourth-order valence-electron chi connectivity index (χ4n) is 1.84. The van der Waals surface area contributed by atoms with Gasteiger partial charge in [0, 0.05) is 30.8 Å². The third-order valence-corrected chi connectivity index (χ3v) is 2.85. The molecule has 0 radical (unpaired) electrons. The van der Waals surface area contributed by atoms with E-state index in [-0.39, 0.29) is 18.7 Å². The summed E-state index contributed by atoms with van der Waals surface area (Å²) in [6.45, 7) is 0.214. The average molecular weight is 296 g/mol. The molecule has 4 nitrogen and oxygen atoms in total. The molecule has 0 aliphatic carbocycles. The minimum absolute atomic E-state index is 0.0282. The second kappa shape index (κ2) is 6.36. The number of nitro benzene ring substituents is 1. The molecule has 0 aromatic heterocycles. The Morgan fingerprint density at radius 1 is 1.05 bits per heavy atom. The van der Waals surface area contributed by atoms with E-state index in [1.54, 1.807) is 6.07 Å². The molecule has 110 valence electrons. The summed E-state index contributed by atoms with van der Waals surface area (Å²) < 4.78 is 39.7. The molecular formula is C14H11F3N2O2. The summed E-state index contributed by atoms with van der Waals surface area (Å²) in [6.07, 6.45) is 0. The molecular weight excluding hydrogens is 285 g/mol. The van der Waals surface area contributed by atoms with Gasteiger partial charge in [-0.05, 0) is 17.7 Å². The van der Waals surface area contributed by atoms with Crippen molar-refractivity contribution in [3.05, 3.63) is 75.1 Å². The predicted octanol–water partition coefficient (Wildman–Crippen LogP) is 3.30. The van der Waals surface area contributed by atoms with Gasteiger partial charge in [-0.2, -0.15) is 4.39 Å². The van der Waals surface area contributed by atoms with Crippen LogP contribution in [0.3, 0.4) is 0 Å². The lowest BCUT2D eigenvalue weighted by Crippen LogP contribution is -2.14. The van der Waals surface area contributed by atoms with Crippen LogP contribution in [0, 0.1) is 27.6 Å². The van der Waals surface area contributed by atoms with Crippen LogP contribution < -0.4 is 5.32 Å². The van der Waals surface area contributed by atoms with E-state index in [0.29, 0.717) is 11.6 Å². The lowest BCUT2D eigenvalue weighted by Gasteiger charge is -2.07. The second-order valence-electron chi connectivity index (χ2n) is 4.39. The average Bonchev–Trinajstić information content (AvgIpc) is 2.41. The van der Waals surface area contributed by atoms with Crippen LogP contribution >= 0.6 is 0 Å². The fourth-order valence-corrected chi connectivity index (χ4v) is 1.84. The number of hydrogen-bond donors (Lipinski definition) is 1. The molecule has 0 atom stereocenters. The van der Waals surface area contributed by atoms with Gasteiger partial charge in [0.05, 0.1) is 4.92 Å². The smallest absolute Gasteiger partial charge is 0.305 e. The fraction of sp³-hybridized carbons (Fsp3) is 0.143. The molecule has 2 rings (SSSR count). The molecule has 0 saturated carbocycles. The second-order valence-corrected chi connectivity index (χ2v) is 4.39. The van der Waals surface area contributed by atoms with Gasteiger partial charge in [-0.1, -0.05) is 12.1 Å². The summed E-state index contributed by atoms with van der Waals surface area (Å²) >= 11 is 0. The highest BCUT2D eigenvalue weighted by molar-refractivity contribution is 5.37. The van der Waals surface area contributed by atoms with Crippen molar-refractivity contribution in [3.63, 3.8) is 0 Å². The molecule has 0 unspecified atom stereocenters. The topological polar surface area (TPSA) is 55.2 Å². The summed E-state index contributed by atoms with van der Waals surface area (Å²) in [5.74, 6) is -2.48. The lowest BCUT2D eigenvalue weighted by atomic mass is 10.1. The van der Waals surface area contributed by atoms with Gasteiger partial charge in [-0.3, -0.25) is 10.1 Å². The van der Waals surface area contributed by atoms with E-state index in [2.05, 4.69) is 5.32 Å². The van der Waals surface area contributed by atoms with Crippen LogP contribution in [0.4, 0.5) is 18.9 Å². The molecule has 21 heavy (non-hydrogen) atoms. The highest BCUT2D eigenvalue weighted by Crippen LogP contribution is 2.21. The van der Waals surface area contributed by atoms with Crippen molar-refractivity contribution >= 4 is 5.69 Å². The van der Waals surface area contributed by atoms with Gasteiger partial charge in [0.2, 0.25) is 5.82 Å². The molecule has 2 aromatic rings. The summed E-state index contributed by atoms with van der Waals surface area (Å²) in [5.41, 5.74) is -0.162. The number of hydrogen-bond acceptors (Lipinski definition) is 3. The van der Waals surface area contributed by atoms with Gasteiger partial charge in [-0.25, -0.2) is 8.78 Å². The number of nitrogens with one attached hydrogen (secondary N) is 1. The minimum Gasteiger partial charge on any atom is -0.309 e. The number of nitro groups is 1. The largest absolute Gasteiger partial charge is 0.309 e. The Bertz CT molecular complexity index is 677. The first kappa shape index (κ1) is 15.0. The first-order chi connectivity index (χ1) is 9.97. The van der Waals surface area contributed by atoms with E-state index in [4.69, 9.17) is 0 Å². The van der Waals surface area contributed by atoms with Crippen molar-refractivity contribution in [1.29, 1.82) is 0 Å². The SMILES string of the molecule is O=[N+]([O-])c1cc(CNCc2cccc(F)c2)c(F)cc1F. The quantitative estimate of drug-likeness (QED) is 0.680. The third kappa shape index (κ3) is 3.79. The van der Waals surface area contributed by atoms with Crippen molar-refractivity contribution in [2.24, 2.45) is 0 Å². The van der Waals surface area contributed by atoms with Crippen molar-refractivity contribution in [3.8, 4) is 0 Å². The molecule has 2 aromatic carbocycles. The van der Waals surface area contributed by atoms with Gasteiger partial charge in [0.25, 0.3) is 0 Å². The standard InChI is InChI=1S/C14H11F3N2O2/c15-11-3-1-2-9(4-11)7-18-8-10-5-14(19(20)21)13(17)6-12(10)16/h1-6,18H,7-8H2. The highest BCUT2D eigenvalue weighted by Gasteiger charge is 2.18. The summed E-state index contributed by atoms with van der Waals surface area (Å²) in [4.78, 5) is 9.69. The van der Waals surface area contributed by atoms with E-state index in [0.717, 1.165) is 6.07 Å². The maximum atomic E-state index is 13.5. The number of rotatable bonds is 5. The monoisotopic (exact) mass is 296 g/mol. The Hall–Kier alpha value is -2.41. The molecule has 0 amide bonds. The maximum Gasteiger partial charge on any atom is 0.305 e. The molecule has 0 spiro atoms. The van der Waals surface area contributed by atoms with Crippen LogP contribution in [0.5, 0.6) is 0 Å². The molecule has 0 aliphatic rings. The van der Waals surface area contributed by atoms with Gasteiger partial charge in [-0.15, -0.1) is 0 Å². The normalized spacial score (nSPS) is 10.6. The van der Waals surface area contributed by atoms with Crippen LogP contribution in [0.2, 0.25) is 0 Å². The molecule has 0 bridgehead atoms. The van der Waals surface area contributed by atoms with Crippen molar-refractivity contribution < 1.29 is 18.1 Å². The Morgan fingerprint density at radius 2 is 1.81 bits per heavy atom. The number of halogens is 3.